The van der Waals surface area contributed by atoms with Gasteiger partial charge in [-0.3, -0.25) is 14.3 Å². The molecular formula is C18H23N5O2. The van der Waals surface area contributed by atoms with Crippen molar-refractivity contribution in [1.82, 2.24) is 14.7 Å². The first-order valence-electron chi connectivity index (χ1n) is 8.41. The predicted octanol–water partition coefficient (Wildman–Crippen LogP) is 1.46. The van der Waals surface area contributed by atoms with Crippen LogP contribution in [0.3, 0.4) is 0 Å². The molecule has 2 N–H and O–H groups in total. The highest BCUT2D eigenvalue weighted by molar-refractivity contribution is 5.98. The molecule has 7 nitrogen and oxygen atoms in total. The lowest BCUT2D eigenvalue weighted by Gasteiger charge is -2.32. The second-order valence-corrected chi connectivity index (χ2v) is 6.35. The summed E-state index contributed by atoms with van der Waals surface area (Å²) in [5.41, 5.74) is 8.62. The number of rotatable bonds is 4. The Morgan fingerprint density at radius 3 is 2.88 bits per heavy atom. The molecular weight excluding hydrogens is 318 g/mol. The fraction of sp³-hybridized carbons (Fsp3) is 0.389. The molecule has 0 fully saturated rings. The Hall–Kier alpha value is -2.83. The Morgan fingerprint density at radius 2 is 2.16 bits per heavy atom. The summed E-state index contributed by atoms with van der Waals surface area (Å²) in [6, 6.07) is 6.95. The lowest BCUT2D eigenvalue weighted by Crippen LogP contribution is -2.44. The van der Waals surface area contributed by atoms with Gasteiger partial charge in [0.05, 0.1) is 6.54 Å². The summed E-state index contributed by atoms with van der Waals surface area (Å²) in [6.45, 7) is 2.44. The highest BCUT2D eigenvalue weighted by Gasteiger charge is 2.27. The Balaban J connectivity index is 1.71. The number of fused-ring (bicyclic) bond motifs is 1. The van der Waals surface area contributed by atoms with Crippen LogP contribution in [0.5, 0.6) is 0 Å². The fourth-order valence-corrected chi connectivity index (χ4v) is 3.22. The predicted molar refractivity (Wildman–Crippen MR) is 96.1 cm³/mol. The van der Waals surface area contributed by atoms with Crippen molar-refractivity contribution in [2.75, 3.05) is 30.8 Å². The lowest BCUT2D eigenvalue weighted by atomic mass is 10.00. The molecule has 3 rings (SSSR count). The maximum absolute atomic E-state index is 12.8. The van der Waals surface area contributed by atoms with Gasteiger partial charge in [0.2, 0.25) is 11.8 Å². The number of aromatic nitrogens is 2. The summed E-state index contributed by atoms with van der Waals surface area (Å²) in [5, 5.41) is 4.09. The van der Waals surface area contributed by atoms with Crippen LogP contribution in [-0.2, 0) is 16.0 Å². The van der Waals surface area contributed by atoms with E-state index in [-0.39, 0.29) is 18.4 Å². The van der Waals surface area contributed by atoms with Crippen LogP contribution < -0.4 is 10.6 Å². The Bertz CT molecular complexity index is 772. The monoisotopic (exact) mass is 341 g/mol. The zero-order chi connectivity index (χ0) is 18.0. The van der Waals surface area contributed by atoms with Gasteiger partial charge in [-0.15, -0.1) is 0 Å². The lowest BCUT2D eigenvalue weighted by molar-refractivity contribution is -0.136. The van der Waals surface area contributed by atoms with Gasteiger partial charge in [-0.05, 0) is 43.5 Å². The first-order chi connectivity index (χ1) is 12.0. The van der Waals surface area contributed by atoms with Gasteiger partial charge in [0.15, 0.2) is 0 Å². The van der Waals surface area contributed by atoms with E-state index < -0.39 is 6.04 Å². The molecule has 1 atom stereocenters. The molecule has 0 spiro atoms. The zero-order valence-electron chi connectivity index (χ0n) is 14.6. The third-order valence-corrected chi connectivity index (χ3v) is 4.62. The molecule has 1 aromatic heterocycles. The van der Waals surface area contributed by atoms with Crippen LogP contribution in [0.15, 0.2) is 36.7 Å². The third-order valence-electron chi connectivity index (χ3n) is 4.62. The number of nitrogen functional groups attached to an aromatic ring is 1. The van der Waals surface area contributed by atoms with Crippen LogP contribution in [0.2, 0.25) is 0 Å². The molecule has 7 heteroatoms. The van der Waals surface area contributed by atoms with Crippen molar-refractivity contribution in [2.24, 2.45) is 0 Å². The number of carbonyl (C=O) groups is 2. The Morgan fingerprint density at radius 1 is 1.36 bits per heavy atom. The van der Waals surface area contributed by atoms with E-state index in [4.69, 9.17) is 5.73 Å². The SMILES string of the molecule is CC(C(=O)N(C)CC(=O)N1CCCc2c(N)cccc21)n1cccn1. The molecule has 2 heterocycles. The van der Waals surface area contributed by atoms with Crippen LogP contribution >= 0.6 is 0 Å². The van der Waals surface area contributed by atoms with E-state index in [0.717, 1.165) is 24.1 Å². The minimum Gasteiger partial charge on any atom is -0.398 e. The molecule has 1 aliphatic rings. The van der Waals surface area contributed by atoms with Gasteiger partial charge in [-0.25, -0.2) is 0 Å². The number of nitrogens with zero attached hydrogens (tertiary/aromatic N) is 4. The summed E-state index contributed by atoms with van der Waals surface area (Å²) < 4.78 is 1.58. The Kier molecular flexibility index (Phi) is 4.74. The van der Waals surface area contributed by atoms with Crippen LogP contribution in [0.25, 0.3) is 0 Å². The van der Waals surface area contributed by atoms with Gasteiger partial charge < -0.3 is 15.5 Å². The second-order valence-electron chi connectivity index (χ2n) is 6.35. The van der Waals surface area contributed by atoms with Gasteiger partial charge in [-0.2, -0.15) is 5.10 Å². The number of likely N-dealkylation sites (N-methyl/N-ethyl adjacent to an activating group) is 1. The van der Waals surface area contributed by atoms with E-state index in [1.165, 1.54) is 4.90 Å². The van der Waals surface area contributed by atoms with Gasteiger partial charge in [0, 0.05) is 37.4 Å². The first-order valence-corrected chi connectivity index (χ1v) is 8.41. The minimum absolute atomic E-state index is 0.0265. The zero-order valence-corrected chi connectivity index (χ0v) is 14.6. The molecule has 0 bridgehead atoms. The fourth-order valence-electron chi connectivity index (χ4n) is 3.22. The molecule has 2 aromatic rings. The topological polar surface area (TPSA) is 84.5 Å². The molecule has 0 radical (unpaired) electrons. The van der Waals surface area contributed by atoms with Crippen molar-refractivity contribution in [3.05, 3.63) is 42.2 Å². The summed E-state index contributed by atoms with van der Waals surface area (Å²) in [7, 11) is 1.64. The quantitative estimate of drug-likeness (QED) is 0.854. The van der Waals surface area contributed by atoms with Crippen LogP contribution in [0, 0.1) is 0 Å². The van der Waals surface area contributed by atoms with Gasteiger partial charge in [-0.1, -0.05) is 6.07 Å². The summed E-state index contributed by atoms with van der Waals surface area (Å²) in [5.74, 6) is -0.253. The van der Waals surface area contributed by atoms with Crippen molar-refractivity contribution < 1.29 is 9.59 Å². The van der Waals surface area contributed by atoms with Crippen molar-refractivity contribution in [1.29, 1.82) is 0 Å². The summed E-state index contributed by atoms with van der Waals surface area (Å²) in [6.07, 6.45) is 5.11. The van der Waals surface area contributed by atoms with Crippen molar-refractivity contribution in [3.63, 3.8) is 0 Å². The number of amides is 2. The van der Waals surface area contributed by atoms with Crippen molar-refractivity contribution in [2.45, 2.75) is 25.8 Å². The average Bonchev–Trinajstić information content (AvgIpc) is 3.15. The second kappa shape index (κ2) is 6.96. The molecule has 2 amide bonds. The van der Waals surface area contributed by atoms with Crippen LogP contribution in [-0.4, -0.2) is 46.6 Å². The Labute approximate surface area is 147 Å². The number of nitrogens with two attached hydrogens (primary N) is 1. The standard InChI is InChI=1S/C18H23N5O2/c1-13(23-11-5-9-20-23)18(25)21(2)12-17(24)22-10-4-6-14-15(19)7-3-8-16(14)22/h3,5,7-9,11,13H,4,6,10,12,19H2,1-2H3. The van der Waals surface area contributed by atoms with Crippen LogP contribution in [0.1, 0.15) is 24.9 Å². The molecule has 1 unspecified atom stereocenters. The summed E-state index contributed by atoms with van der Waals surface area (Å²) in [4.78, 5) is 28.5. The maximum atomic E-state index is 12.8. The van der Waals surface area contributed by atoms with Crippen molar-refractivity contribution >= 4 is 23.2 Å². The van der Waals surface area contributed by atoms with Crippen molar-refractivity contribution in [3.8, 4) is 0 Å². The number of hydrogen-bond donors (Lipinski definition) is 1. The molecule has 1 aromatic carbocycles. The van der Waals surface area contributed by atoms with E-state index >= 15 is 0 Å². The highest BCUT2D eigenvalue weighted by atomic mass is 16.2. The third kappa shape index (κ3) is 3.35. The number of benzene rings is 1. The summed E-state index contributed by atoms with van der Waals surface area (Å²) >= 11 is 0. The molecule has 132 valence electrons. The van der Waals surface area contributed by atoms with Gasteiger partial charge >= 0.3 is 0 Å². The molecule has 1 aliphatic heterocycles. The van der Waals surface area contributed by atoms with E-state index in [1.807, 2.05) is 18.2 Å². The molecule has 0 saturated carbocycles. The molecule has 0 aliphatic carbocycles. The van der Waals surface area contributed by atoms with Crippen LogP contribution in [0.4, 0.5) is 11.4 Å². The number of anilines is 2. The van der Waals surface area contributed by atoms with E-state index in [0.29, 0.717) is 12.2 Å². The first kappa shape index (κ1) is 17.0. The minimum atomic E-state index is -0.447. The smallest absolute Gasteiger partial charge is 0.247 e. The van der Waals surface area contributed by atoms with E-state index in [1.54, 1.807) is 42.0 Å². The average molecular weight is 341 g/mol. The highest BCUT2D eigenvalue weighted by Crippen LogP contribution is 2.31. The molecule has 0 saturated heterocycles. The number of carbonyl (C=O) groups excluding carboxylic acids is 2. The largest absolute Gasteiger partial charge is 0.398 e. The molecule has 25 heavy (non-hydrogen) atoms. The van der Waals surface area contributed by atoms with Gasteiger partial charge in [0.1, 0.15) is 6.04 Å². The van der Waals surface area contributed by atoms with E-state index in [9.17, 15) is 9.59 Å². The van der Waals surface area contributed by atoms with Gasteiger partial charge in [0.25, 0.3) is 0 Å². The normalized spacial score (nSPS) is 14.7. The number of hydrogen-bond acceptors (Lipinski definition) is 4. The maximum Gasteiger partial charge on any atom is 0.247 e. The van der Waals surface area contributed by atoms with E-state index in [2.05, 4.69) is 5.10 Å².